The first-order valence-corrected chi connectivity index (χ1v) is 7.52. The first-order chi connectivity index (χ1) is 9.36. The summed E-state index contributed by atoms with van der Waals surface area (Å²) in [5.41, 5.74) is 1.97. The van der Waals surface area contributed by atoms with Crippen LogP contribution in [0.15, 0.2) is 41.1 Å². The molecule has 1 saturated heterocycles. The van der Waals surface area contributed by atoms with E-state index >= 15 is 0 Å². The highest BCUT2D eigenvalue weighted by atomic mass is 35.5. The largest absolute Gasteiger partial charge is 0.314 e. The Morgan fingerprint density at radius 3 is 2.55 bits per heavy atom. The Balaban J connectivity index is 0.00000147. The molecule has 2 nitrogen and oxygen atoms in total. The molecule has 0 bridgehead atoms. The molecular formula is C15H18ClFN2S. The lowest BCUT2D eigenvalue weighted by atomic mass is 9.98. The average molecular weight is 313 g/mol. The van der Waals surface area contributed by atoms with Gasteiger partial charge in [-0.1, -0.05) is 18.2 Å². The van der Waals surface area contributed by atoms with Gasteiger partial charge in [0.1, 0.15) is 5.82 Å². The van der Waals surface area contributed by atoms with Gasteiger partial charge >= 0.3 is 0 Å². The average Bonchev–Trinajstić information content (AvgIpc) is 2.96. The Morgan fingerprint density at radius 1 is 1.15 bits per heavy atom. The smallest absolute Gasteiger partial charge is 0.128 e. The van der Waals surface area contributed by atoms with Crippen LogP contribution in [0.4, 0.5) is 4.39 Å². The number of rotatable bonds is 3. The number of nitrogens with zero attached hydrogens (tertiary/aromatic N) is 1. The van der Waals surface area contributed by atoms with Crippen molar-refractivity contribution in [3.05, 3.63) is 58.0 Å². The zero-order valence-corrected chi connectivity index (χ0v) is 12.7. The summed E-state index contributed by atoms with van der Waals surface area (Å²) in [5, 5.41) is 7.53. The third-order valence-corrected chi connectivity index (χ3v) is 4.28. The van der Waals surface area contributed by atoms with E-state index in [1.807, 2.05) is 12.1 Å². The predicted octanol–water partition coefficient (Wildman–Crippen LogP) is 3.30. The zero-order chi connectivity index (χ0) is 13.1. The van der Waals surface area contributed by atoms with Crippen molar-refractivity contribution in [3.63, 3.8) is 0 Å². The lowest BCUT2D eigenvalue weighted by Gasteiger charge is -2.35. The molecule has 2 aromatic rings. The van der Waals surface area contributed by atoms with Crippen LogP contribution in [0.3, 0.4) is 0 Å². The first kappa shape index (κ1) is 15.4. The highest BCUT2D eigenvalue weighted by Gasteiger charge is 2.26. The van der Waals surface area contributed by atoms with Gasteiger partial charge in [0.15, 0.2) is 0 Å². The number of hydrogen-bond acceptors (Lipinski definition) is 3. The molecule has 0 aliphatic carbocycles. The molecule has 0 unspecified atom stereocenters. The summed E-state index contributed by atoms with van der Waals surface area (Å²) in [5.74, 6) is -0.114. The van der Waals surface area contributed by atoms with Crippen molar-refractivity contribution in [2.45, 2.75) is 6.04 Å². The molecule has 1 fully saturated rings. The number of thiophene rings is 1. The third-order valence-electron chi connectivity index (χ3n) is 3.58. The van der Waals surface area contributed by atoms with E-state index in [0.29, 0.717) is 0 Å². The van der Waals surface area contributed by atoms with E-state index in [0.717, 1.165) is 31.7 Å². The molecule has 2 heterocycles. The molecule has 1 aromatic carbocycles. The second kappa shape index (κ2) is 7.18. The van der Waals surface area contributed by atoms with Crippen LogP contribution in [0.5, 0.6) is 0 Å². The maximum atomic E-state index is 14.1. The second-order valence-corrected chi connectivity index (χ2v) is 5.55. The number of halogens is 2. The van der Waals surface area contributed by atoms with Gasteiger partial charge in [0, 0.05) is 31.7 Å². The summed E-state index contributed by atoms with van der Waals surface area (Å²) in [4.78, 5) is 2.36. The van der Waals surface area contributed by atoms with Gasteiger partial charge in [-0.05, 0) is 28.5 Å². The van der Waals surface area contributed by atoms with Crippen molar-refractivity contribution in [1.82, 2.24) is 10.2 Å². The predicted molar refractivity (Wildman–Crippen MR) is 84.3 cm³/mol. The number of benzene rings is 1. The molecule has 0 radical (unpaired) electrons. The number of piperazine rings is 1. The summed E-state index contributed by atoms with van der Waals surface area (Å²) in [6.07, 6.45) is 0. The minimum atomic E-state index is -0.114. The summed E-state index contributed by atoms with van der Waals surface area (Å²) in [6.45, 7) is 3.84. The van der Waals surface area contributed by atoms with Crippen molar-refractivity contribution in [1.29, 1.82) is 0 Å². The quantitative estimate of drug-likeness (QED) is 0.935. The normalized spacial score (nSPS) is 17.4. The lowest BCUT2D eigenvalue weighted by Crippen LogP contribution is -2.45. The molecule has 1 N–H and O–H groups in total. The summed E-state index contributed by atoms with van der Waals surface area (Å²) in [6, 6.07) is 9.26. The third kappa shape index (κ3) is 3.20. The molecule has 1 atom stereocenters. The number of hydrogen-bond donors (Lipinski definition) is 1. The molecule has 1 aliphatic heterocycles. The Morgan fingerprint density at radius 2 is 1.90 bits per heavy atom. The molecule has 0 amide bonds. The van der Waals surface area contributed by atoms with Crippen LogP contribution in [0.25, 0.3) is 0 Å². The van der Waals surface area contributed by atoms with Crippen LogP contribution >= 0.6 is 23.7 Å². The Bertz CT molecular complexity index is 526. The minimum Gasteiger partial charge on any atom is -0.314 e. The fraction of sp³-hybridized carbons (Fsp3) is 0.333. The Kier molecular flexibility index (Phi) is 5.54. The van der Waals surface area contributed by atoms with Crippen LogP contribution in [-0.4, -0.2) is 31.1 Å². The van der Waals surface area contributed by atoms with Gasteiger partial charge in [-0.3, -0.25) is 4.90 Å². The standard InChI is InChI=1S/C15H17FN2S.ClH/c16-14-4-2-1-3-13(14)15(12-5-10-19-11-12)18-8-6-17-7-9-18;/h1-5,10-11,15,17H,6-9H2;1H/t15-;/m1./s1. The molecule has 20 heavy (non-hydrogen) atoms. The summed E-state index contributed by atoms with van der Waals surface area (Å²) >= 11 is 1.67. The van der Waals surface area contributed by atoms with Crippen LogP contribution in [0, 0.1) is 5.82 Å². The van der Waals surface area contributed by atoms with Gasteiger partial charge in [0.05, 0.1) is 6.04 Å². The highest BCUT2D eigenvalue weighted by molar-refractivity contribution is 7.08. The van der Waals surface area contributed by atoms with Crippen molar-refractivity contribution >= 4 is 23.7 Å². The van der Waals surface area contributed by atoms with E-state index < -0.39 is 0 Å². The molecule has 1 aromatic heterocycles. The fourth-order valence-corrected chi connectivity index (χ4v) is 3.33. The monoisotopic (exact) mass is 312 g/mol. The topological polar surface area (TPSA) is 15.3 Å². The van der Waals surface area contributed by atoms with Gasteiger partial charge < -0.3 is 5.32 Å². The Labute approximate surface area is 129 Å². The maximum Gasteiger partial charge on any atom is 0.128 e. The van der Waals surface area contributed by atoms with Crippen LogP contribution in [0.1, 0.15) is 17.2 Å². The summed E-state index contributed by atoms with van der Waals surface area (Å²) < 4.78 is 14.1. The molecule has 0 saturated carbocycles. The van der Waals surface area contributed by atoms with Gasteiger partial charge in [-0.2, -0.15) is 11.3 Å². The first-order valence-electron chi connectivity index (χ1n) is 6.57. The van der Waals surface area contributed by atoms with Crippen molar-refractivity contribution in [3.8, 4) is 0 Å². The van der Waals surface area contributed by atoms with Crippen LogP contribution in [0.2, 0.25) is 0 Å². The van der Waals surface area contributed by atoms with E-state index in [-0.39, 0.29) is 24.3 Å². The molecular weight excluding hydrogens is 295 g/mol. The van der Waals surface area contributed by atoms with Gasteiger partial charge in [0.2, 0.25) is 0 Å². The van der Waals surface area contributed by atoms with E-state index in [9.17, 15) is 4.39 Å². The molecule has 108 valence electrons. The second-order valence-electron chi connectivity index (χ2n) is 4.77. The summed E-state index contributed by atoms with van der Waals surface area (Å²) in [7, 11) is 0. The van der Waals surface area contributed by atoms with E-state index in [2.05, 4.69) is 27.0 Å². The minimum absolute atomic E-state index is 0. The van der Waals surface area contributed by atoms with Gasteiger partial charge in [-0.15, -0.1) is 12.4 Å². The van der Waals surface area contributed by atoms with E-state index in [1.165, 1.54) is 5.56 Å². The van der Waals surface area contributed by atoms with Crippen molar-refractivity contribution in [2.75, 3.05) is 26.2 Å². The zero-order valence-electron chi connectivity index (χ0n) is 11.1. The lowest BCUT2D eigenvalue weighted by molar-refractivity contribution is 0.195. The molecule has 1 aliphatic rings. The van der Waals surface area contributed by atoms with E-state index in [1.54, 1.807) is 23.5 Å². The van der Waals surface area contributed by atoms with Gasteiger partial charge in [0.25, 0.3) is 0 Å². The fourth-order valence-electron chi connectivity index (χ4n) is 2.65. The maximum absolute atomic E-state index is 14.1. The molecule has 3 rings (SSSR count). The SMILES string of the molecule is Cl.Fc1ccccc1[C@@H](c1ccsc1)N1CCNCC1. The van der Waals surface area contributed by atoms with E-state index in [4.69, 9.17) is 0 Å². The molecule has 0 spiro atoms. The van der Waals surface area contributed by atoms with Crippen molar-refractivity contribution < 1.29 is 4.39 Å². The molecule has 5 heteroatoms. The van der Waals surface area contributed by atoms with Crippen LogP contribution < -0.4 is 5.32 Å². The van der Waals surface area contributed by atoms with Crippen molar-refractivity contribution in [2.24, 2.45) is 0 Å². The van der Waals surface area contributed by atoms with Gasteiger partial charge in [-0.25, -0.2) is 4.39 Å². The number of nitrogens with one attached hydrogen (secondary N) is 1. The highest BCUT2D eigenvalue weighted by Crippen LogP contribution is 2.31. The van der Waals surface area contributed by atoms with Crippen LogP contribution in [-0.2, 0) is 0 Å². The Hall–Kier alpha value is -0.940.